The Bertz CT molecular complexity index is 1310. The summed E-state index contributed by atoms with van der Waals surface area (Å²) in [5.74, 6) is 0.322. The van der Waals surface area contributed by atoms with Gasteiger partial charge in [0.05, 0.1) is 29.9 Å². The molecule has 8 heteroatoms. The van der Waals surface area contributed by atoms with E-state index in [1.807, 2.05) is 28.9 Å². The highest BCUT2D eigenvalue weighted by Gasteiger charge is 2.50. The molecule has 172 valence electrons. The minimum absolute atomic E-state index is 0.0409. The molecule has 3 aliphatic rings. The number of aromatic nitrogens is 2. The van der Waals surface area contributed by atoms with Gasteiger partial charge in [-0.1, -0.05) is 12.1 Å². The van der Waals surface area contributed by atoms with E-state index >= 15 is 0 Å². The summed E-state index contributed by atoms with van der Waals surface area (Å²) in [6, 6.07) is 16.0. The number of fused-ring (bicyclic) bond motifs is 2. The zero-order valence-corrected chi connectivity index (χ0v) is 18.6. The molecule has 0 bridgehead atoms. The van der Waals surface area contributed by atoms with Gasteiger partial charge in [0.25, 0.3) is 5.91 Å². The molecule has 0 radical (unpaired) electrons. The monoisotopic (exact) mass is 457 g/mol. The van der Waals surface area contributed by atoms with Crippen molar-refractivity contribution in [3.63, 3.8) is 0 Å². The molecule has 2 aliphatic heterocycles. The molecule has 0 saturated heterocycles. The average Bonchev–Trinajstić information content (AvgIpc) is 3.55. The standard InChI is InChI=1S/C26H24FN5O2/c27-20-4-2-19(3-5-20)26(7-8-26)31-9-10-32-22(15-31)13-23(30-32)25(33)29-21-12-18-11-17(14-28)1-6-24(18)34-16-21/h1-6,11,13,21H,7-10,12,15-16H2,(H,29,33). The largest absolute Gasteiger partial charge is 0.491 e. The fourth-order valence-corrected chi connectivity index (χ4v) is 5.22. The fourth-order valence-electron chi connectivity index (χ4n) is 5.22. The SMILES string of the molecule is N#Cc1ccc2c(c1)CC(NC(=O)c1cc3n(n1)CCN(C1(c4ccc(F)cc4)CC1)C3)CO2. The van der Waals surface area contributed by atoms with Gasteiger partial charge in [-0.25, -0.2) is 4.39 Å². The second kappa shape index (κ2) is 7.96. The van der Waals surface area contributed by atoms with Crippen molar-refractivity contribution < 1.29 is 13.9 Å². The van der Waals surface area contributed by atoms with Crippen molar-refractivity contribution in [1.82, 2.24) is 20.0 Å². The van der Waals surface area contributed by atoms with Gasteiger partial charge in [-0.05, 0) is 66.8 Å². The molecule has 2 aromatic carbocycles. The molecule has 7 nitrogen and oxygen atoms in total. The van der Waals surface area contributed by atoms with E-state index in [9.17, 15) is 9.18 Å². The van der Waals surface area contributed by atoms with E-state index in [0.717, 1.165) is 42.0 Å². The molecule has 1 aromatic heterocycles. The number of carbonyl (C=O) groups is 1. The van der Waals surface area contributed by atoms with Crippen LogP contribution in [0.4, 0.5) is 4.39 Å². The van der Waals surface area contributed by atoms with Crippen molar-refractivity contribution in [1.29, 1.82) is 5.26 Å². The Kier molecular flexibility index (Phi) is 4.89. The first-order valence-corrected chi connectivity index (χ1v) is 11.6. The number of nitriles is 1. The highest BCUT2D eigenvalue weighted by molar-refractivity contribution is 5.92. The van der Waals surface area contributed by atoms with E-state index in [1.165, 1.54) is 12.1 Å². The Morgan fingerprint density at radius 3 is 2.76 bits per heavy atom. The van der Waals surface area contributed by atoms with Gasteiger partial charge < -0.3 is 10.1 Å². The number of hydrogen-bond acceptors (Lipinski definition) is 5. The number of carbonyl (C=O) groups excluding carboxylic acids is 1. The third-order valence-electron chi connectivity index (χ3n) is 7.17. The van der Waals surface area contributed by atoms with Crippen LogP contribution >= 0.6 is 0 Å². The Morgan fingerprint density at radius 2 is 2.00 bits per heavy atom. The molecule has 1 aliphatic carbocycles. The van der Waals surface area contributed by atoms with E-state index in [0.29, 0.717) is 37.4 Å². The summed E-state index contributed by atoms with van der Waals surface area (Å²) in [5.41, 5.74) is 4.02. The number of rotatable bonds is 4. The molecule has 6 rings (SSSR count). The molecule has 1 N–H and O–H groups in total. The quantitative estimate of drug-likeness (QED) is 0.651. The normalized spacial score (nSPS) is 20.4. The second-order valence-corrected chi connectivity index (χ2v) is 9.32. The smallest absolute Gasteiger partial charge is 0.272 e. The zero-order chi connectivity index (χ0) is 23.3. The van der Waals surface area contributed by atoms with Gasteiger partial charge >= 0.3 is 0 Å². The first-order valence-electron chi connectivity index (χ1n) is 11.6. The maximum Gasteiger partial charge on any atom is 0.272 e. The molecule has 1 atom stereocenters. The van der Waals surface area contributed by atoms with Crippen molar-refractivity contribution >= 4 is 5.91 Å². The molecule has 1 amide bonds. The Labute approximate surface area is 196 Å². The lowest BCUT2D eigenvalue weighted by Crippen LogP contribution is -2.43. The Hall–Kier alpha value is -3.70. The topological polar surface area (TPSA) is 83.2 Å². The number of amides is 1. The third kappa shape index (κ3) is 3.62. The Balaban J connectivity index is 1.14. The van der Waals surface area contributed by atoms with Gasteiger partial charge in [0.1, 0.15) is 18.2 Å². The molecule has 1 saturated carbocycles. The molecule has 1 unspecified atom stereocenters. The van der Waals surface area contributed by atoms with E-state index in [2.05, 4.69) is 21.4 Å². The van der Waals surface area contributed by atoms with Crippen molar-refractivity contribution in [2.45, 2.75) is 43.9 Å². The summed E-state index contributed by atoms with van der Waals surface area (Å²) < 4.78 is 21.1. The van der Waals surface area contributed by atoms with E-state index in [1.54, 1.807) is 12.1 Å². The van der Waals surface area contributed by atoms with Crippen LogP contribution in [0.2, 0.25) is 0 Å². The summed E-state index contributed by atoms with van der Waals surface area (Å²) in [6.45, 7) is 2.63. The molecular formula is C26H24FN5O2. The highest BCUT2D eigenvalue weighted by atomic mass is 19.1. The minimum Gasteiger partial charge on any atom is -0.491 e. The van der Waals surface area contributed by atoms with Crippen LogP contribution in [0, 0.1) is 17.1 Å². The van der Waals surface area contributed by atoms with Crippen LogP contribution in [0.15, 0.2) is 48.5 Å². The van der Waals surface area contributed by atoms with Crippen LogP contribution < -0.4 is 10.1 Å². The van der Waals surface area contributed by atoms with Crippen LogP contribution in [0.3, 0.4) is 0 Å². The van der Waals surface area contributed by atoms with Gasteiger partial charge in [0, 0.05) is 18.6 Å². The van der Waals surface area contributed by atoms with E-state index in [4.69, 9.17) is 10.00 Å². The second-order valence-electron chi connectivity index (χ2n) is 9.32. The first-order chi connectivity index (χ1) is 16.5. The van der Waals surface area contributed by atoms with Gasteiger partial charge in [-0.3, -0.25) is 14.4 Å². The summed E-state index contributed by atoms with van der Waals surface area (Å²) >= 11 is 0. The van der Waals surface area contributed by atoms with Crippen molar-refractivity contribution in [3.05, 3.63) is 82.4 Å². The average molecular weight is 458 g/mol. The number of nitrogens with one attached hydrogen (secondary N) is 1. The Morgan fingerprint density at radius 1 is 1.18 bits per heavy atom. The summed E-state index contributed by atoms with van der Waals surface area (Å²) in [4.78, 5) is 15.4. The van der Waals surface area contributed by atoms with Gasteiger partial charge in [0.2, 0.25) is 0 Å². The van der Waals surface area contributed by atoms with Gasteiger partial charge in [-0.15, -0.1) is 0 Å². The molecule has 34 heavy (non-hydrogen) atoms. The van der Waals surface area contributed by atoms with Crippen LogP contribution in [0.25, 0.3) is 0 Å². The number of halogens is 1. The third-order valence-corrected chi connectivity index (χ3v) is 7.17. The predicted molar refractivity (Wildman–Crippen MR) is 122 cm³/mol. The lowest BCUT2D eigenvalue weighted by molar-refractivity contribution is 0.0908. The maximum absolute atomic E-state index is 13.4. The van der Waals surface area contributed by atoms with Gasteiger partial charge in [0.15, 0.2) is 5.69 Å². The first kappa shape index (κ1) is 20.9. The predicted octanol–water partition coefficient (Wildman–Crippen LogP) is 3.13. The maximum atomic E-state index is 13.4. The van der Waals surface area contributed by atoms with E-state index in [-0.39, 0.29) is 23.3 Å². The van der Waals surface area contributed by atoms with E-state index < -0.39 is 0 Å². The van der Waals surface area contributed by atoms with Crippen molar-refractivity contribution in [2.75, 3.05) is 13.2 Å². The number of ether oxygens (including phenoxy) is 1. The highest BCUT2D eigenvalue weighted by Crippen LogP contribution is 2.52. The lowest BCUT2D eigenvalue weighted by Gasteiger charge is -2.35. The fraction of sp³-hybridized carbons (Fsp3) is 0.346. The summed E-state index contributed by atoms with van der Waals surface area (Å²) in [5, 5.41) is 16.7. The van der Waals surface area contributed by atoms with Crippen molar-refractivity contribution in [3.8, 4) is 11.8 Å². The number of nitrogens with zero attached hydrogens (tertiary/aromatic N) is 4. The number of hydrogen-bond donors (Lipinski definition) is 1. The van der Waals surface area contributed by atoms with Crippen LogP contribution in [-0.2, 0) is 25.0 Å². The lowest BCUT2D eigenvalue weighted by atomic mass is 10.0. The number of benzene rings is 2. The van der Waals surface area contributed by atoms with Crippen LogP contribution in [-0.4, -0.2) is 39.8 Å². The molecular weight excluding hydrogens is 433 g/mol. The molecule has 3 aromatic rings. The summed E-state index contributed by atoms with van der Waals surface area (Å²) in [7, 11) is 0. The van der Waals surface area contributed by atoms with Crippen LogP contribution in [0.5, 0.6) is 5.75 Å². The van der Waals surface area contributed by atoms with Crippen LogP contribution in [0.1, 0.15) is 45.7 Å². The zero-order valence-electron chi connectivity index (χ0n) is 18.6. The minimum atomic E-state index is -0.221. The van der Waals surface area contributed by atoms with Crippen molar-refractivity contribution in [2.24, 2.45) is 0 Å². The summed E-state index contributed by atoms with van der Waals surface area (Å²) in [6.07, 6.45) is 2.71. The molecule has 1 fully saturated rings. The molecule has 0 spiro atoms. The molecule has 3 heterocycles. The van der Waals surface area contributed by atoms with Gasteiger partial charge in [-0.2, -0.15) is 10.4 Å².